The fraction of sp³-hybridized carbons (Fsp3) is 0.600. The zero-order valence-corrected chi connectivity index (χ0v) is 8.05. The minimum absolute atomic E-state index is 0.151. The average molecular weight is 182 g/mol. The minimum atomic E-state index is -1.00. The predicted octanol–water partition coefficient (Wildman–Crippen LogP) is 1.47. The van der Waals surface area contributed by atoms with Gasteiger partial charge in [0.05, 0.1) is 6.61 Å². The molecular formula is C10H14O3. The lowest BCUT2D eigenvalue weighted by atomic mass is 9.63. The molecule has 0 spiro atoms. The number of Topliss-reactive ketones (excluding diaryl/α,β-unsaturated/α-hetero) is 1. The monoisotopic (exact) mass is 182 g/mol. The van der Waals surface area contributed by atoms with Crippen molar-refractivity contribution in [2.45, 2.75) is 26.7 Å². The Kier molecular flexibility index (Phi) is 2.55. The van der Waals surface area contributed by atoms with Gasteiger partial charge in [0.25, 0.3) is 0 Å². The highest BCUT2D eigenvalue weighted by atomic mass is 16.5. The summed E-state index contributed by atoms with van der Waals surface area (Å²) < 4.78 is 4.86. The number of rotatable bonds is 3. The van der Waals surface area contributed by atoms with Gasteiger partial charge < -0.3 is 4.74 Å². The van der Waals surface area contributed by atoms with Crippen molar-refractivity contribution >= 4 is 11.8 Å². The number of hydrogen-bond acceptors (Lipinski definition) is 3. The van der Waals surface area contributed by atoms with E-state index < -0.39 is 11.4 Å². The van der Waals surface area contributed by atoms with Gasteiger partial charge in [0, 0.05) is 0 Å². The van der Waals surface area contributed by atoms with Gasteiger partial charge in [-0.05, 0) is 26.7 Å². The van der Waals surface area contributed by atoms with Crippen LogP contribution in [0.4, 0.5) is 0 Å². The van der Waals surface area contributed by atoms with Gasteiger partial charge in [-0.15, -0.1) is 0 Å². The molecule has 3 nitrogen and oxygen atoms in total. The highest BCUT2D eigenvalue weighted by Crippen LogP contribution is 2.46. The van der Waals surface area contributed by atoms with Gasteiger partial charge in [-0.2, -0.15) is 0 Å². The Morgan fingerprint density at radius 2 is 2.23 bits per heavy atom. The van der Waals surface area contributed by atoms with Crippen LogP contribution in [0, 0.1) is 5.41 Å². The Labute approximate surface area is 77.8 Å². The lowest BCUT2D eigenvalue weighted by Gasteiger charge is -2.39. The van der Waals surface area contributed by atoms with E-state index >= 15 is 0 Å². The van der Waals surface area contributed by atoms with Crippen LogP contribution in [0.25, 0.3) is 0 Å². The van der Waals surface area contributed by atoms with Crippen LogP contribution in [-0.4, -0.2) is 18.4 Å². The van der Waals surface area contributed by atoms with Crippen LogP contribution in [0.1, 0.15) is 26.7 Å². The lowest BCUT2D eigenvalue weighted by molar-refractivity contribution is -0.160. The molecule has 0 amide bonds. The number of carbonyl (C=O) groups is 2. The second kappa shape index (κ2) is 3.32. The maximum absolute atomic E-state index is 11.5. The minimum Gasteiger partial charge on any atom is -0.465 e. The molecule has 1 aliphatic carbocycles. The van der Waals surface area contributed by atoms with Crippen LogP contribution < -0.4 is 0 Å². The molecule has 1 fully saturated rings. The summed E-state index contributed by atoms with van der Waals surface area (Å²) in [6.07, 6.45) is 1.30. The van der Waals surface area contributed by atoms with Gasteiger partial charge in [0.15, 0.2) is 5.78 Å². The zero-order valence-electron chi connectivity index (χ0n) is 8.05. The van der Waals surface area contributed by atoms with E-state index in [-0.39, 0.29) is 5.78 Å². The number of carbonyl (C=O) groups excluding carboxylic acids is 2. The molecule has 13 heavy (non-hydrogen) atoms. The Morgan fingerprint density at radius 1 is 1.62 bits per heavy atom. The van der Waals surface area contributed by atoms with Crippen molar-refractivity contribution in [3.05, 3.63) is 12.2 Å². The summed E-state index contributed by atoms with van der Waals surface area (Å²) in [5, 5.41) is 0. The van der Waals surface area contributed by atoms with Gasteiger partial charge >= 0.3 is 5.97 Å². The van der Waals surface area contributed by atoms with Crippen LogP contribution in [0.5, 0.6) is 0 Å². The van der Waals surface area contributed by atoms with Crippen LogP contribution in [0.3, 0.4) is 0 Å². The maximum atomic E-state index is 11.5. The number of hydrogen-bond donors (Lipinski definition) is 0. The third-order valence-electron chi connectivity index (χ3n) is 2.63. The Hall–Kier alpha value is -1.12. The molecule has 0 aliphatic heterocycles. The highest BCUT2D eigenvalue weighted by Gasteiger charge is 2.52. The number of ketones is 1. The van der Waals surface area contributed by atoms with Crippen LogP contribution in [0.15, 0.2) is 12.2 Å². The molecule has 0 aromatic rings. The van der Waals surface area contributed by atoms with E-state index in [1.165, 1.54) is 6.92 Å². The predicted molar refractivity (Wildman–Crippen MR) is 48.1 cm³/mol. The molecule has 72 valence electrons. The summed E-state index contributed by atoms with van der Waals surface area (Å²) in [4.78, 5) is 22.8. The van der Waals surface area contributed by atoms with E-state index in [2.05, 4.69) is 6.58 Å². The summed E-state index contributed by atoms with van der Waals surface area (Å²) in [6, 6.07) is 0. The van der Waals surface area contributed by atoms with Crippen molar-refractivity contribution in [3.63, 3.8) is 0 Å². The molecule has 0 aromatic carbocycles. The maximum Gasteiger partial charge on any atom is 0.323 e. The molecule has 0 bridgehead atoms. The molecule has 1 unspecified atom stereocenters. The van der Waals surface area contributed by atoms with Crippen LogP contribution in [-0.2, 0) is 14.3 Å². The molecule has 0 saturated heterocycles. The first-order chi connectivity index (χ1) is 6.05. The highest BCUT2D eigenvalue weighted by molar-refractivity contribution is 6.07. The van der Waals surface area contributed by atoms with E-state index in [4.69, 9.17) is 4.74 Å². The van der Waals surface area contributed by atoms with E-state index in [9.17, 15) is 9.59 Å². The molecule has 0 radical (unpaired) electrons. The normalized spacial score (nSPS) is 26.5. The zero-order chi connectivity index (χ0) is 10.1. The van der Waals surface area contributed by atoms with E-state index in [0.717, 1.165) is 6.42 Å². The third-order valence-corrected chi connectivity index (χ3v) is 2.63. The number of ether oxygens (including phenoxy) is 1. The van der Waals surface area contributed by atoms with E-state index in [1.807, 2.05) is 0 Å². The van der Waals surface area contributed by atoms with Crippen molar-refractivity contribution in [2.75, 3.05) is 6.61 Å². The van der Waals surface area contributed by atoms with Crippen molar-refractivity contribution < 1.29 is 14.3 Å². The fourth-order valence-corrected chi connectivity index (χ4v) is 1.62. The topological polar surface area (TPSA) is 43.4 Å². The molecule has 0 N–H and O–H groups in total. The van der Waals surface area contributed by atoms with E-state index in [0.29, 0.717) is 18.6 Å². The van der Waals surface area contributed by atoms with Gasteiger partial charge in [-0.25, -0.2) is 0 Å². The second-order valence-electron chi connectivity index (χ2n) is 3.29. The van der Waals surface area contributed by atoms with Crippen molar-refractivity contribution in [3.8, 4) is 0 Å². The first kappa shape index (κ1) is 9.96. The first-order valence-corrected chi connectivity index (χ1v) is 4.42. The number of esters is 1. The first-order valence-electron chi connectivity index (χ1n) is 4.42. The molecule has 1 aliphatic rings. The Balaban J connectivity index is 2.86. The standard InChI is InChI=1S/C10H14O3/c1-4-13-9(12)10(8(3)11)6-5-7(10)2/h2,4-6H2,1,3H3. The summed E-state index contributed by atoms with van der Waals surface area (Å²) in [7, 11) is 0. The third kappa shape index (κ3) is 1.28. The Morgan fingerprint density at radius 3 is 2.46 bits per heavy atom. The van der Waals surface area contributed by atoms with Crippen LogP contribution in [0.2, 0.25) is 0 Å². The lowest BCUT2D eigenvalue weighted by Crippen LogP contribution is -2.47. The fourth-order valence-electron chi connectivity index (χ4n) is 1.62. The smallest absolute Gasteiger partial charge is 0.323 e. The summed E-state index contributed by atoms with van der Waals surface area (Å²) >= 11 is 0. The Bertz CT molecular complexity index is 257. The summed E-state index contributed by atoms with van der Waals surface area (Å²) in [6.45, 7) is 7.17. The largest absolute Gasteiger partial charge is 0.465 e. The average Bonchev–Trinajstić information content (AvgIpc) is 2.02. The van der Waals surface area contributed by atoms with Crippen molar-refractivity contribution in [1.29, 1.82) is 0 Å². The van der Waals surface area contributed by atoms with Gasteiger partial charge in [0.1, 0.15) is 5.41 Å². The second-order valence-corrected chi connectivity index (χ2v) is 3.29. The molecular weight excluding hydrogens is 168 g/mol. The molecule has 1 saturated carbocycles. The molecule has 0 heterocycles. The SMILES string of the molecule is C=C1CCC1(C(C)=O)C(=O)OCC. The van der Waals surface area contributed by atoms with Crippen molar-refractivity contribution in [1.82, 2.24) is 0 Å². The van der Waals surface area contributed by atoms with Crippen molar-refractivity contribution in [2.24, 2.45) is 5.41 Å². The van der Waals surface area contributed by atoms with Gasteiger partial charge in [-0.1, -0.05) is 12.2 Å². The molecule has 1 rings (SSSR count). The quantitative estimate of drug-likeness (QED) is 0.377. The van der Waals surface area contributed by atoms with Crippen LogP contribution >= 0.6 is 0 Å². The molecule has 1 atom stereocenters. The van der Waals surface area contributed by atoms with Gasteiger partial charge in [-0.3, -0.25) is 9.59 Å². The van der Waals surface area contributed by atoms with Gasteiger partial charge in [0.2, 0.25) is 0 Å². The molecule has 3 heteroatoms. The summed E-state index contributed by atoms with van der Waals surface area (Å²) in [5.74, 6) is -0.582. The van der Waals surface area contributed by atoms with E-state index in [1.54, 1.807) is 6.92 Å². The molecule has 0 aromatic heterocycles. The summed E-state index contributed by atoms with van der Waals surface area (Å²) in [5.41, 5.74) is -0.311.